The van der Waals surface area contributed by atoms with Gasteiger partial charge in [0.05, 0.1) is 17.8 Å². The molecule has 11 heteroatoms. The number of amides is 3. The summed E-state index contributed by atoms with van der Waals surface area (Å²) < 4.78 is 20.8. The minimum atomic E-state index is -0.865. The van der Waals surface area contributed by atoms with Crippen LogP contribution in [0.3, 0.4) is 0 Å². The van der Waals surface area contributed by atoms with Crippen molar-refractivity contribution in [2.24, 2.45) is 0 Å². The summed E-state index contributed by atoms with van der Waals surface area (Å²) in [6, 6.07) is 6.62. The molecule has 2 aromatic carbocycles. The number of fused-ring (bicyclic) bond motifs is 1. The number of methoxy groups -OCH3 is 1. The first-order valence-corrected chi connectivity index (χ1v) is 9.06. The molecule has 30 heavy (non-hydrogen) atoms. The number of benzene rings is 2. The van der Waals surface area contributed by atoms with Crippen LogP contribution in [0.1, 0.15) is 10.4 Å². The summed E-state index contributed by atoms with van der Waals surface area (Å²) in [5.41, 5.74) is 6.26. The predicted octanol–water partition coefficient (Wildman–Crippen LogP) is 2.21. The topological polar surface area (TPSA) is 138 Å². The summed E-state index contributed by atoms with van der Waals surface area (Å²) in [6.07, 6.45) is 0. The van der Waals surface area contributed by atoms with E-state index >= 15 is 0 Å². The van der Waals surface area contributed by atoms with E-state index in [2.05, 4.69) is 5.32 Å². The van der Waals surface area contributed by atoms with Crippen molar-refractivity contribution in [1.82, 2.24) is 5.32 Å². The van der Waals surface area contributed by atoms with Crippen molar-refractivity contribution in [2.75, 3.05) is 38.0 Å². The van der Waals surface area contributed by atoms with Gasteiger partial charge in [0.15, 0.2) is 18.1 Å². The molecule has 3 rings (SSSR count). The number of ether oxygens (including phenoxy) is 4. The van der Waals surface area contributed by atoms with Crippen molar-refractivity contribution in [1.29, 1.82) is 0 Å². The van der Waals surface area contributed by atoms with E-state index in [1.165, 1.54) is 19.2 Å². The zero-order chi connectivity index (χ0) is 21.7. The number of esters is 1. The van der Waals surface area contributed by atoms with E-state index in [1.807, 2.05) is 5.32 Å². The van der Waals surface area contributed by atoms with Crippen molar-refractivity contribution in [3.8, 4) is 17.2 Å². The van der Waals surface area contributed by atoms with Crippen LogP contribution in [-0.4, -0.2) is 44.8 Å². The van der Waals surface area contributed by atoms with Gasteiger partial charge in [-0.25, -0.2) is 9.59 Å². The predicted molar refractivity (Wildman–Crippen MR) is 107 cm³/mol. The van der Waals surface area contributed by atoms with Gasteiger partial charge in [0.25, 0.3) is 5.91 Å². The van der Waals surface area contributed by atoms with Crippen LogP contribution in [0, 0.1) is 0 Å². The molecule has 3 amide bonds. The average Bonchev–Trinajstić information content (AvgIpc) is 2.73. The summed E-state index contributed by atoms with van der Waals surface area (Å²) >= 11 is 5.90. The molecular formula is C19H18ClN3O7. The molecule has 0 saturated carbocycles. The number of imide groups is 1. The number of carbonyl (C=O) groups is 3. The number of nitrogens with two attached hydrogens (primary N) is 1. The van der Waals surface area contributed by atoms with Gasteiger partial charge in [-0.15, -0.1) is 0 Å². The van der Waals surface area contributed by atoms with Crippen molar-refractivity contribution in [3.63, 3.8) is 0 Å². The van der Waals surface area contributed by atoms with Crippen molar-refractivity contribution in [2.45, 2.75) is 0 Å². The summed E-state index contributed by atoms with van der Waals surface area (Å²) in [5.74, 6) is -0.516. The van der Waals surface area contributed by atoms with Gasteiger partial charge in [0.2, 0.25) is 0 Å². The zero-order valence-electron chi connectivity index (χ0n) is 15.8. The Kier molecular flexibility index (Phi) is 6.48. The molecular weight excluding hydrogens is 418 g/mol. The molecule has 1 heterocycles. The highest BCUT2D eigenvalue weighted by atomic mass is 35.5. The van der Waals surface area contributed by atoms with Crippen LogP contribution in [0.4, 0.5) is 16.2 Å². The van der Waals surface area contributed by atoms with Crippen LogP contribution in [0.2, 0.25) is 5.02 Å². The fourth-order valence-electron chi connectivity index (χ4n) is 2.55. The molecule has 4 N–H and O–H groups in total. The molecule has 1 aliphatic heterocycles. The average molecular weight is 436 g/mol. The van der Waals surface area contributed by atoms with Gasteiger partial charge in [-0.1, -0.05) is 11.6 Å². The largest absolute Gasteiger partial charge is 0.496 e. The van der Waals surface area contributed by atoms with E-state index in [1.54, 1.807) is 18.2 Å². The molecule has 2 aromatic rings. The van der Waals surface area contributed by atoms with Gasteiger partial charge in [0.1, 0.15) is 24.5 Å². The third kappa shape index (κ3) is 5.03. The van der Waals surface area contributed by atoms with E-state index in [-0.39, 0.29) is 22.0 Å². The number of urea groups is 1. The summed E-state index contributed by atoms with van der Waals surface area (Å²) in [6.45, 7) is 0.150. The maximum atomic E-state index is 12.2. The van der Waals surface area contributed by atoms with Gasteiger partial charge in [-0.3, -0.25) is 10.1 Å². The number of hydrogen-bond acceptors (Lipinski definition) is 8. The maximum absolute atomic E-state index is 12.2. The first kappa shape index (κ1) is 21.1. The minimum Gasteiger partial charge on any atom is -0.496 e. The van der Waals surface area contributed by atoms with Gasteiger partial charge >= 0.3 is 12.0 Å². The summed E-state index contributed by atoms with van der Waals surface area (Å²) in [7, 11) is 1.34. The fraction of sp³-hybridized carbons (Fsp3) is 0.211. The SMILES string of the molecule is COc1cc(N)c(Cl)cc1C(=O)OCC(=O)NC(=O)Nc1ccc2c(c1)OCCO2. The Labute approximate surface area is 176 Å². The van der Waals surface area contributed by atoms with Gasteiger partial charge in [-0.2, -0.15) is 0 Å². The lowest BCUT2D eigenvalue weighted by molar-refractivity contribution is -0.123. The molecule has 10 nitrogen and oxygen atoms in total. The molecule has 0 atom stereocenters. The molecule has 1 aliphatic rings. The van der Waals surface area contributed by atoms with Crippen LogP contribution < -0.4 is 30.6 Å². The molecule has 0 bridgehead atoms. The fourth-order valence-corrected chi connectivity index (χ4v) is 2.72. The highest BCUT2D eigenvalue weighted by Crippen LogP contribution is 2.32. The second-order valence-corrected chi connectivity index (χ2v) is 6.42. The minimum absolute atomic E-state index is 0.00905. The molecule has 158 valence electrons. The van der Waals surface area contributed by atoms with Crippen LogP contribution >= 0.6 is 11.6 Å². The van der Waals surface area contributed by atoms with E-state index in [0.717, 1.165) is 0 Å². The molecule has 0 saturated heterocycles. The third-order valence-corrected chi connectivity index (χ3v) is 4.25. The van der Waals surface area contributed by atoms with Crippen molar-refractivity contribution in [3.05, 3.63) is 40.9 Å². The second-order valence-electron chi connectivity index (χ2n) is 6.01. The summed E-state index contributed by atoms with van der Waals surface area (Å²) in [5, 5.41) is 4.66. The lowest BCUT2D eigenvalue weighted by Gasteiger charge is -2.19. The molecule has 0 radical (unpaired) electrons. The Hall–Kier alpha value is -3.66. The van der Waals surface area contributed by atoms with E-state index in [0.29, 0.717) is 30.4 Å². The van der Waals surface area contributed by atoms with Crippen molar-refractivity contribution >= 4 is 40.9 Å². The molecule has 0 aromatic heterocycles. The summed E-state index contributed by atoms with van der Waals surface area (Å²) in [4.78, 5) is 36.1. The standard InChI is InChI=1S/C19H18ClN3O7/c1-27-15-8-13(21)12(20)7-11(15)18(25)30-9-17(24)23-19(26)22-10-2-3-14-16(6-10)29-5-4-28-14/h2-3,6-8H,4-5,9,21H2,1H3,(H2,22,23,24,26). The molecule has 0 unspecified atom stereocenters. The highest BCUT2D eigenvalue weighted by molar-refractivity contribution is 6.33. The highest BCUT2D eigenvalue weighted by Gasteiger charge is 2.19. The zero-order valence-corrected chi connectivity index (χ0v) is 16.6. The number of halogens is 1. The van der Waals surface area contributed by atoms with E-state index in [9.17, 15) is 14.4 Å². The van der Waals surface area contributed by atoms with E-state index < -0.39 is 24.5 Å². The second kappa shape index (κ2) is 9.23. The number of nitrogen functional groups attached to an aromatic ring is 1. The van der Waals surface area contributed by atoms with Crippen LogP contribution in [-0.2, 0) is 9.53 Å². The normalized spacial score (nSPS) is 11.9. The monoisotopic (exact) mass is 435 g/mol. The number of hydrogen-bond donors (Lipinski definition) is 3. The number of carbonyl (C=O) groups excluding carboxylic acids is 3. The molecule has 0 fully saturated rings. The number of anilines is 2. The van der Waals surface area contributed by atoms with Crippen LogP contribution in [0.15, 0.2) is 30.3 Å². The molecule has 0 spiro atoms. The molecule has 0 aliphatic carbocycles. The van der Waals surface area contributed by atoms with Crippen molar-refractivity contribution < 1.29 is 33.3 Å². The lowest BCUT2D eigenvalue weighted by atomic mass is 10.2. The van der Waals surface area contributed by atoms with Gasteiger partial charge in [-0.05, 0) is 18.2 Å². The van der Waals surface area contributed by atoms with Gasteiger partial charge < -0.3 is 30.0 Å². The smallest absolute Gasteiger partial charge is 0.342 e. The Morgan fingerprint density at radius 2 is 1.87 bits per heavy atom. The quantitative estimate of drug-likeness (QED) is 0.480. The van der Waals surface area contributed by atoms with Crippen LogP contribution in [0.5, 0.6) is 17.2 Å². The Morgan fingerprint density at radius 3 is 2.60 bits per heavy atom. The number of nitrogens with one attached hydrogen (secondary N) is 2. The lowest BCUT2D eigenvalue weighted by Crippen LogP contribution is -2.37. The van der Waals surface area contributed by atoms with Gasteiger partial charge in [0, 0.05) is 17.8 Å². The Bertz CT molecular complexity index is 996. The Balaban J connectivity index is 1.52. The number of rotatable bonds is 5. The first-order chi connectivity index (χ1) is 14.4. The van der Waals surface area contributed by atoms with Crippen LogP contribution in [0.25, 0.3) is 0 Å². The first-order valence-electron chi connectivity index (χ1n) is 8.68. The Morgan fingerprint density at radius 1 is 1.13 bits per heavy atom. The van der Waals surface area contributed by atoms with E-state index in [4.69, 9.17) is 36.3 Å². The third-order valence-electron chi connectivity index (χ3n) is 3.93. The maximum Gasteiger partial charge on any atom is 0.342 e.